The minimum atomic E-state index is 0.169. The average Bonchev–Trinajstić information content (AvgIpc) is 2.51. The monoisotopic (exact) mass is 186 g/mol. The van der Waals surface area contributed by atoms with Gasteiger partial charge in [0.05, 0.1) is 0 Å². The standard InChI is InChI=1S/C9H18N2O2/c12-6-2-1-5-10-7-8-3-4-9(13)11-8/h8,10,12H,1-7H2,(H,11,13). The average molecular weight is 186 g/mol. The second-order valence-corrected chi connectivity index (χ2v) is 3.44. The van der Waals surface area contributed by atoms with Gasteiger partial charge in [0, 0.05) is 25.6 Å². The number of unbranched alkanes of at least 4 members (excludes halogenated alkanes) is 1. The van der Waals surface area contributed by atoms with Crippen LogP contribution >= 0.6 is 0 Å². The third kappa shape index (κ3) is 4.24. The Morgan fingerprint density at radius 3 is 3.00 bits per heavy atom. The first-order valence-corrected chi connectivity index (χ1v) is 4.94. The molecule has 0 aromatic carbocycles. The Kier molecular flexibility index (Phi) is 4.78. The number of aliphatic hydroxyl groups excluding tert-OH is 1. The lowest BCUT2D eigenvalue weighted by Gasteiger charge is -2.10. The highest BCUT2D eigenvalue weighted by Gasteiger charge is 2.19. The Morgan fingerprint density at radius 1 is 1.54 bits per heavy atom. The van der Waals surface area contributed by atoms with Crippen LogP contribution in [-0.2, 0) is 4.79 Å². The molecule has 0 aliphatic carbocycles. The summed E-state index contributed by atoms with van der Waals surface area (Å²) in [7, 11) is 0. The fourth-order valence-electron chi connectivity index (χ4n) is 1.47. The molecule has 1 aliphatic heterocycles. The maximum atomic E-state index is 10.8. The van der Waals surface area contributed by atoms with Gasteiger partial charge >= 0.3 is 0 Å². The number of carbonyl (C=O) groups is 1. The number of nitrogens with one attached hydrogen (secondary N) is 2. The highest BCUT2D eigenvalue weighted by molar-refractivity contribution is 5.78. The summed E-state index contributed by atoms with van der Waals surface area (Å²) in [5.41, 5.74) is 0. The minimum Gasteiger partial charge on any atom is -0.396 e. The first-order valence-electron chi connectivity index (χ1n) is 4.94. The lowest BCUT2D eigenvalue weighted by molar-refractivity contribution is -0.119. The molecule has 1 fully saturated rings. The van der Waals surface area contributed by atoms with E-state index in [9.17, 15) is 4.79 Å². The van der Waals surface area contributed by atoms with Crippen molar-refractivity contribution in [1.82, 2.24) is 10.6 Å². The summed E-state index contributed by atoms with van der Waals surface area (Å²) in [4.78, 5) is 10.8. The molecule has 4 heteroatoms. The van der Waals surface area contributed by atoms with E-state index in [0.29, 0.717) is 12.5 Å². The SMILES string of the molecule is O=C1CCC(CNCCCCO)N1. The smallest absolute Gasteiger partial charge is 0.220 e. The molecule has 1 atom stereocenters. The van der Waals surface area contributed by atoms with Crippen molar-refractivity contribution in [3.05, 3.63) is 0 Å². The fraction of sp³-hybridized carbons (Fsp3) is 0.889. The minimum absolute atomic E-state index is 0.169. The molecule has 1 saturated heterocycles. The number of hydrogen-bond donors (Lipinski definition) is 3. The summed E-state index contributed by atoms with van der Waals surface area (Å²) in [6.07, 6.45) is 3.47. The Bertz CT molecular complexity index is 162. The van der Waals surface area contributed by atoms with Crippen molar-refractivity contribution in [1.29, 1.82) is 0 Å². The number of hydrogen-bond acceptors (Lipinski definition) is 3. The summed E-state index contributed by atoms with van der Waals surface area (Å²) in [6.45, 7) is 2.05. The molecule has 0 aromatic heterocycles. The summed E-state index contributed by atoms with van der Waals surface area (Å²) in [5, 5.41) is 14.7. The van der Waals surface area contributed by atoms with Gasteiger partial charge < -0.3 is 15.7 Å². The topological polar surface area (TPSA) is 61.4 Å². The quantitative estimate of drug-likeness (QED) is 0.496. The molecule has 76 valence electrons. The van der Waals surface area contributed by atoms with Crippen LogP contribution in [0.25, 0.3) is 0 Å². The van der Waals surface area contributed by atoms with Crippen LogP contribution in [0.1, 0.15) is 25.7 Å². The van der Waals surface area contributed by atoms with E-state index >= 15 is 0 Å². The fourth-order valence-corrected chi connectivity index (χ4v) is 1.47. The Morgan fingerprint density at radius 2 is 2.38 bits per heavy atom. The van der Waals surface area contributed by atoms with Crippen LogP contribution in [0, 0.1) is 0 Å². The third-order valence-electron chi connectivity index (χ3n) is 2.24. The molecular weight excluding hydrogens is 168 g/mol. The van der Waals surface area contributed by atoms with E-state index < -0.39 is 0 Å². The molecule has 0 radical (unpaired) electrons. The van der Waals surface area contributed by atoms with Gasteiger partial charge in [-0.1, -0.05) is 0 Å². The van der Waals surface area contributed by atoms with Crippen molar-refractivity contribution in [2.45, 2.75) is 31.7 Å². The van der Waals surface area contributed by atoms with E-state index in [4.69, 9.17) is 5.11 Å². The highest BCUT2D eigenvalue weighted by atomic mass is 16.2. The normalized spacial score (nSPS) is 21.9. The molecule has 1 amide bonds. The van der Waals surface area contributed by atoms with Crippen molar-refractivity contribution < 1.29 is 9.90 Å². The van der Waals surface area contributed by atoms with Crippen molar-refractivity contribution in [2.75, 3.05) is 19.7 Å². The predicted octanol–water partition coefficient (Wildman–Crippen LogP) is -0.373. The van der Waals surface area contributed by atoms with Crippen LogP contribution in [-0.4, -0.2) is 36.8 Å². The Hall–Kier alpha value is -0.610. The largest absolute Gasteiger partial charge is 0.396 e. The van der Waals surface area contributed by atoms with Gasteiger partial charge in [-0.25, -0.2) is 0 Å². The van der Waals surface area contributed by atoms with E-state index in [1.54, 1.807) is 0 Å². The van der Waals surface area contributed by atoms with Crippen LogP contribution in [0.15, 0.2) is 0 Å². The van der Waals surface area contributed by atoms with Crippen molar-refractivity contribution >= 4 is 5.91 Å². The Balaban J connectivity index is 1.91. The summed E-state index contributed by atoms with van der Waals surface area (Å²) >= 11 is 0. The first-order chi connectivity index (χ1) is 6.33. The molecule has 3 N–H and O–H groups in total. The first kappa shape index (κ1) is 10.5. The lowest BCUT2D eigenvalue weighted by Crippen LogP contribution is -2.35. The van der Waals surface area contributed by atoms with E-state index in [0.717, 1.165) is 32.4 Å². The molecule has 1 heterocycles. The zero-order valence-corrected chi connectivity index (χ0v) is 7.88. The maximum absolute atomic E-state index is 10.8. The molecule has 13 heavy (non-hydrogen) atoms. The van der Waals surface area contributed by atoms with Gasteiger partial charge in [-0.05, 0) is 25.8 Å². The Labute approximate surface area is 78.7 Å². The van der Waals surface area contributed by atoms with Gasteiger partial charge in [-0.3, -0.25) is 4.79 Å². The van der Waals surface area contributed by atoms with Crippen molar-refractivity contribution in [3.63, 3.8) is 0 Å². The molecule has 0 spiro atoms. The van der Waals surface area contributed by atoms with Crippen LogP contribution in [0.4, 0.5) is 0 Å². The molecule has 1 rings (SSSR count). The number of aliphatic hydroxyl groups is 1. The van der Waals surface area contributed by atoms with E-state index in [2.05, 4.69) is 10.6 Å². The van der Waals surface area contributed by atoms with Gasteiger partial charge in [0.25, 0.3) is 0 Å². The number of amides is 1. The van der Waals surface area contributed by atoms with Crippen LogP contribution < -0.4 is 10.6 Å². The van der Waals surface area contributed by atoms with Crippen molar-refractivity contribution in [2.24, 2.45) is 0 Å². The van der Waals surface area contributed by atoms with Gasteiger partial charge in [-0.2, -0.15) is 0 Å². The van der Waals surface area contributed by atoms with Crippen molar-refractivity contribution in [3.8, 4) is 0 Å². The maximum Gasteiger partial charge on any atom is 0.220 e. The zero-order valence-electron chi connectivity index (χ0n) is 7.88. The van der Waals surface area contributed by atoms with Gasteiger partial charge in [-0.15, -0.1) is 0 Å². The summed E-state index contributed by atoms with van der Waals surface area (Å²) in [6, 6.07) is 0.321. The van der Waals surface area contributed by atoms with Gasteiger partial charge in [0.15, 0.2) is 0 Å². The predicted molar refractivity (Wildman–Crippen MR) is 50.4 cm³/mol. The van der Waals surface area contributed by atoms with E-state index in [1.165, 1.54) is 0 Å². The molecule has 1 unspecified atom stereocenters. The van der Waals surface area contributed by atoms with Gasteiger partial charge in [0.2, 0.25) is 5.91 Å². The number of rotatable bonds is 6. The second-order valence-electron chi connectivity index (χ2n) is 3.44. The van der Waals surface area contributed by atoms with Crippen LogP contribution in [0.3, 0.4) is 0 Å². The van der Waals surface area contributed by atoms with Gasteiger partial charge in [0.1, 0.15) is 0 Å². The third-order valence-corrected chi connectivity index (χ3v) is 2.24. The van der Waals surface area contributed by atoms with Crippen LogP contribution in [0.2, 0.25) is 0 Å². The summed E-state index contributed by atoms with van der Waals surface area (Å²) < 4.78 is 0. The molecule has 0 saturated carbocycles. The zero-order chi connectivity index (χ0) is 9.52. The molecule has 4 nitrogen and oxygen atoms in total. The molecule has 0 bridgehead atoms. The molecular formula is C9H18N2O2. The van der Waals surface area contributed by atoms with E-state index in [-0.39, 0.29) is 12.5 Å². The van der Waals surface area contributed by atoms with Crippen LogP contribution in [0.5, 0.6) is 0 Å². The molecule has 1 aliphatic rings. The van der Waals surface area contributed by atoms with E-state index in [1.807, 2.05) is 0 Å². The molecule has 0 aromatic rings. The lowest BCUT2D eigenvalue weighted by atomic mass is 10.2. The summed E-state index contributed by atoms with van der Waals surface area (Å²) in [5.74, 6) is 0.169. The highest BCUT2D eigenvalue weighted by Crippen LogP contribution is 2.04. The second kappa shape index (κ2) is 5.94. The number of carbonyl (C=O) groups excluding carboxylic acids is 1.